The molecule has 7 heteroatoms. The second kappa shape index (κ2) is 5.56. The number of fused-ring (bicyclic) bond motifs is 2. The maximum absolute atomic E-state index is 10.4. The second-order valence-corrected chi connectivity index (χ2v) is 8.61. The summed E-state index contributed by atoms with van der Waals surface area (Å²) in [5.41, 5.74) is 0.984. The van der Waals surface area contributed by atoms with Gasteiger partial charge in [0.15, 0.2) is 5.01 Å². The van der Waals surface area contributed by atoms with E-state index in [1.807, 2.05) is 12.1 Å². The van der Waals surface area contributed by atoms with E-state index in [9.17, 15) is 10.2 Å². The van der Waals surface area contributed by atoms with Crippen molar-refractivity contribution in [3.05, 3.63) is 30.3 Å². The Morgan fingerprint density at radius 3 is 2.92 bits per heavy atom. The maximum atomic E-state index is 10.4. The van der Waals surface area contributed by atoms with Crippen molar-refractivity contribution in [3.63, 3.8) is 0 Å². The Bertz CT molecular complexity index is 1000. The average molecular weight is 368 g/mol. The number of hydrogen-bond donors (Lipinski definition) is 3. The molecule has 0 saturated carbocycles. The van der Waals surface area contributed by atoms with E-state index in [1.54, 1.807) is 18.2 Å². The van der Waals surface area contributed by atoms with Gasteiger partial charge in [-0.25, -0.2) is 0 Å². The predicted molar refractivity (Wildman–Crippen MR) is 103 cm³/mol. The Morgan fingerprint density at radius 2 is 2.08 bits per heavy atom. The first-order valence-electron chi connectivity index (χ1n) is 8.77. The van der Waals surface area contributed by atoms with Crippen molar-refractivity contribution in [1.82, 2.24) is 15.5 Å². The van der Waals surface area contributed by atoms with Crippen molar-refractivity contribution >= 4 is 27.2 Å². The van der Waals surface area contributed by atoms with Gasteiger partial charge in [0, 0.05) is 31.6 Å². The maximum Gasteiger partial charge on any atom is 0.208 e. The largest absolute Gasteiger partial charge is 0.508 e. The first-order valence-corrected chi connectivity index (χ1v) is 9.59. The van der Waals surface area contributed by atoms with E-state index in [1.165, 1.54) is 11.3 Å². The van der Waals surface area contributed by atoms with Gasteiger partial charge in [0.1, 0.15) is 11.5 Å². The topological polar surface area (TPSA) is 81.5 Å². The number of nitrogens with one attached hydrogen (secondary N) is 1. The van der Waals surface area contributed by atoms with Crippen molar-refractivity contribution in [2.24, 2.45) is 11.3 Å². The fourth-order valence-electron chi connectivity index (χ4n) is 4.20. The van der Waals surface area contributed by atoms with Crippen LogP contribution in [0.3, 0.4) is 0 Å². The normalized spacial score (nSPS) is 25.1. The number of anilines is 1. The number of phenols is 2. The highest BCUT2D eigenvalue weighted by Gasteiger charge is 2.46. The molecule has 1 aromatic heterocycles. The van der Waals surface area contributed by atoms with Gasteiger partial charge in [-0.3, -0.25) is 0 Å². The standard InChI is InChI=1S/C19H20N4O2S/c1-19-9-20-7-13(19)8-23(10-19)18-22-21-17(26-18)15-5-11-2-3-14(24)4-12(11)6-16(15)25/h2-6,13,20,24-25H,7-10H2,1H3/t13-,19+/m1/s1. The molecule has 2 aliphatic rings. The third-order valence-electron chi connectivity index (χ3n) is 5.75. The predicted octanol–water partition coefficient (Wildman–Crippen LogP) is 2.82. The van der Waals surface area contributed by atoms with Crippen LogP contribution in [0.5, 0.6) is 11.5 Å². The SMILES string of the molecule is C[C@@]12CNC[C@@H]1CN(c1nnc(-c3cc4ccc(O)cc4cc3O)s1)C2. The van der Waals surface area contributed by atoms with Gasteiger partial charge in [0.25, 0.3) is 0 Å². The Kier molecular flexibility index (Phi) is 3.39. The van der Waals surface area contributed by atoms with Crippen LogP contribution >= 0.6 is 11.3 Å². The van der Waals surface area contributed by atoms with E-state index >= 15 is 0 Å². The minimum absolute atomic E-state index is 0.153. The Balaban J connectivity index is 1.48. The summed E-state index contributed by atoms with van der Waals surface area (Å²) in [6.07, 6.45) is 0. The molecule has 2 saturated heterocycles. The molecule has 3 heterocycles. The molecule has 26 heavy (non-hydrogen) atoms. The van der Waals surface area contributed by atoms with Crippen LogP contribution < -0.4 is 10.2 Å². The van der Waals surface area contributed by atoms with Gasteiger partial charge < -0.3 is 20.4 Å². The molecule has 2 atom stereocenters. The molecule has 2 aliphatic heterocycles. The van der Waals surface area contributed by atoms with Gasteiger partial charge in [-0.1, -0.05) is 24.3 Å². The molecule has 0 amide bonds. The lowest BCUT2D eigenvalue weighted by Gasteiger charge is -2.21. The summed E-state index contributed by atoms with van der Waals surface area (Å²) in [4.78, 5) is 2.32. The van der Waals surface area contributed by atoms with Crippen LogP contribution in [0.15, 0.2) is 30.3 Å². The van der Waals surface area contributed by atoms with Gasteiger partial charge >= 0.3 is 0 Å². The van der Waals surface area contributed by atoms with E-state index in [0.717, 1.165) is 42.1 Å². The molecule has 3 N–H and O–H groups in total. The van der Waals surface area contributed by atoms with Crippen LogP contribution in [0, 0.1) is 11.3 Å². The fourth-order valence-corrected chi connectivity index (χ4v) is 5.08. The number of benzene rings is 2. The molecule has 2 fully saturated rings. The summed E-state index contributed by atoms with van der Waals surface area (Å²) < 4.78 is 0. The first kappa shape index (κ1) is 15.8. The number of phenolic OH excluding ortho intramolecular Hbond substituents is 2. The number of hydrogen-bond acceptors (Lipinski definition) is 7. The van der Waals surface area contributed by atoms with Crippen molar-refractivity contribution in [1.29, 1.82) is 0 Å². The molecule has 5 rings (SSSR count). The van der Waals surface area contributed by atoms with Crippen LogP contribution in [0.1, 0.15) is 6.92 Å². The van der Waals surface area contributed by atoms with E-state index in [4.69, 9.17) is 0 Å². The monoisotopic (exact) mass is 368 g/mol. The van der Waals surface area contributed by atoms with Crippen LogP contribution in [0.25, 0.3) is 21.3 Å². The zero-order chi connectivity index (χ0) is 17.9. The Morgan fingerprint density at radius 1 is 1.19 bits per heavy atom. The number of aromatic nitrogens is 2. The van der Waals surface area contributed by atoms with Gasteiger partial charge in [0.05, 0.1) is 5.56 Å². The molecule has 0 aliphatic carbocycles. The van der Waals surface area contributed by atoms with Gasteiger partial charge in [-0.2, -0.15) is 0 Å². The summed E-state index contributed by atoms with van der Waals surface area (Å²) in [5.74, 6) is 0.988. The lowest BCUT2D eigenvalue weighted by atomic mass is 9.83. The van der Waals surface area contributed by atoms with Gasteiger partial charge in [0.2, 0.25) is 5.13 Å². The zero-order valence-corrected chi connectivity index (χ0v) is 15.3. The highest BCUT2D eigenvalue weighted by molar-refractivity contribution is 7.18. The van der Waals surface area contributed by atoms with Crippen LogP contribution in [0.2, 0.25) is 0 Å². The number of nitrogens with zero attached hydrogens (tertiary/aromatic N) is 3. The lowest BCUT2D eigenvalue weighted by molar-refractivity contribution is 0.338. The lowest BCUT2D eigenvalue weighted by Crippen LogP contribution is -2.29. The highest BCUT2D eigenvalue weighted by Crippen LogP contribution is 2.43. The zero-order valence-electron chi connectivity index (χ0n) is 14.4. The summed E-state index contributed by atoms with van der Waals surface area (Å²) in [7, 11) is 0. The molecule has 3 aromatic rings. The van der Waals surface area contributed by atoms with E-state index < -0.39 is 0 Å². The third-order valence-corrected chi connectivity index (χ3v) is 6.77. The van der Waals surface area contributed by atoms with Gasteiger partial charge in [-0.05, 0) is 41.0 Å². The summed E-state index contributed by atoms with van der Waals surface area (Å²) in [6.45, 7) is 6.45. The van der Waals surface area contributed by atoms with Crippen molar-refractivity contribution in [2.45, 2.75) is 6.92 Å². The highest BCUT2D eigenvalue weighted by atomic mass is 32.1. The minimum atomic E-state index is 0.153. The molecular formula is C19H20N4O2S. The quantitative estimate of drug-likeness (QED) is 0.645. The van der Waals surface area contributed by atoms with Crippen LogP contribution in [-0.2, 0) is 0 Å². The molecule has 134 valence electrons. The number of rotatable bonds is 2. The van der Waals surface area contributed by atoms with Crippen molar-refractivity contribution < 1.29 is 10.2 Å². The number of aromatic hydroxyl groups is 2. The van der Waals surface area contributed by atoms with Gasteiger partial charge in [-0.15, -0.1) is 10.2 Å². The van der Waals surface area contributed by atoms with E-state index in [-0.39, 0.29) is 11.5 Å². The van der Waals surface area contributed by atoms with Crippen LogP contribution in [0.4, 0.5) is 5.13 Å². The fraction of sp³-hybridized carbons (Fsp3) is 0.368. The Hall–Kier alpha value is -2.38. The molecule has 0 spiro atoms. The third kappa shape index (κ3) is 2.42. The molecular weight excluding hydrogens is 348 g/mol. The van der Waals surface area contributed by atoms with Crippen molar-refractivity contribution in [3.8, 4) is 22.1 Å². The minimum Gasteiger partial charge on any atom is -0.508 e. The van der Waals surface area contributed by atoms with E-state index in [2.05, 4.69) is 27.3 Å². The average Bonchev–Trinajstić information content (AvgIpc) is 3.27. The van der Waals surface area contributed by atoms with Crippen molar-refractivity contribution in [2.75, 3.05) is 31.1 Å². The van der Waals surface area contributed by atoms with E-state index in [0.29, 0.717) is 21.9 Å². The van der Waals surface area contributed by atoms with Crippen LogP contribution in [-0.4, -0.2) is 46.6 Å². The smallest absolute Gasteiger partial charge is 0.208 e. The summed E-state index contributed by atoms with van der Waals surface area (Å²) in [5, 5.41) is 35.6. The summed E-state index contributed by atoms with van der Waals surface area (Å²) >= 11 is 1.52. The summed E-state index contributed by atoms with van der Waals surface area (Å²) in [6, 6.07) is 8.69. The first-order chi connectivity index (χ1) is 12.5. The molecule has 0 bridgehead atoms. The molecule has 0 unspecified atom stereocenters. The molecule has 0 radical (unpaired) electrons. The second-order valence-electron chi connectivity index (χ2n) is 7.65. The Labute approximate surface area is 155 Å². The molecule has 6 nitrogen and oxygen atoms in total. The molecule has 2 aromatic carbocycles.